The predicted octanol–water partition coefficient (Wildman–Crippen LogP) is 3.76. The van der Waals surface area contributed by atoms with Gasteiger partial charge < -0.3 is 5.32 Å². The van der Waals surface area contributed by atoms with Crippen LogP contribution in [0.3, 0.4) is 0 Å². The Morgan fingerprint density at radius 3 is 1.95 bits per heavy atom. The van der Waals surface area contributed by atoms with Gasteiger partial charge >= 0.3 is 0 Å². The second-order valence-corrected chi connectivity index (χ2v) is 7.59. The monoisotopic (exact) mass is 263 g/mol. The van der Waals surface area contributed by atoms with Gasteiger partial charge in [0.25, 0.3) is 0 Å². The standard InChI is InChI=1S/C17H29NO/c1-3-12(4-2)11-18-16(19)17-8-13-5-14(9-17)7-15(6-13)10-17/h12-15H,3-11H2,1-2H3,(H,18,19). The Morgan fingerprint density at radius 1 is 1.05 bits per heavy atom. The number of hydrogen-bond acceptors (Lipinski definition) is 1. The van der Waals surface area contributed by atoms with Crippen molar-refractivity contribution in [1.82, 2.24) is 5.32 Å². The van der Waals surface area contributed by atoms with E-state index >= 15 is 0 Å². The molecule has 2 nitrogen and oxygen atoms in total. The number of carbonyl (C=O) groups is 1. The van der Waals surface area contributed by atoms with Crippen LogP contribution in [0.5, 0.6) is 0 Å². The molecule has 2 heteroatoms. The molecule has 4 fully saturated rings. The minimum atomic E-state index is 0.0424. The van der Waals surface area contributed by atoms with E-state index in [4.69, 9.17) is 0 Å². The molecule has 0 saturated heterocycles. The molecule has 0 heterocycles. The molecule has 0 spiro atoms. The van der Waals surface area contributed by atoms with Gasteiger partial charge in [-0.3, -0.25) is 4.79 Å². The summed E-state index contributed by atoms with van der Waals surface area (Å²) in [6.45, 7) is 5.35. The Bertz CT molecular complexity index is 310. The van der Waals surface area contributed by atoms with E-state index in [9.17, 15) is 4.79 Å². The van der Waals surface area contributed by atoms with Gasteiger partial charge in [0.15, 0.2) is 0 Å². The van der Waals surface area contributed by atoms with Gasteiger partial charge in [0, 0.05) is 12.0 Å². The fraction of sp³-hybridized carbons (Fsp3) is 0.941. The van der Waals surface area contributed by atoms with Crippen LogP contribution < -0.4 is 5.32 Å². The van der Waals surface area contributed by atoms with Gasteiger partial charge in [-0.2, -0.15) is 0 Å². The zero-order valence-electron chi connectivity index (χ0n) is 12.6. The van der Waals surface area contributed by atoms with E-state index in [0.717, 1.165) is 24.3 Å². The van der Waals surface area contributed by atoms with Crippen LogP contribution in [0.15, 0.2) is 0 Å². The molecule has 0 atom stereocenters. The number of carbonyl (C=O) groups excluding carboxylic acids is 1. The van der Waals surface area contributed by atoms with Crippen LogP contribution in [0.25, 0.3) is 0 Å². The first-order chi connectivity index (χ1) is 9.15. The average molecular weight is 263 g/mol. The van der Waals surface area contributed by atoms with E-state index < -0.39 is 0 Å². The van der Waals surface area contributed by atoms with Crippen LogP contribution in [-0.2, 0) is 4.79 Å². The molecule has 1 N–H and O–H groups in total. The number of rotatable bonds is 5. The molecule has 1 amide bonds. The molecule has 0 radical (unpaired) electrons. The maximum atomic E-state index is 12.7. The topological polar surface area (TPSA) is 29.1 Å². The quantitative estimate of drug-likeness (QED) is 0.804. The zero-order valence-corrected chi connectivity index (χ0v) is 12.6. The largest absolute Gasteiger partial charge is 0.355 e. The van der Waals surface area contributed by atoms with Gasteiger partial charge in [-0.15, -0.1) is 0 Å². The fourth-order valence-corrected chi connectivity index (χ4v) is 5.39. The highest BCUT2D eigenvalue weighted by molar-refractivity contribution is 5.83. The van der Waals surface area contributed by atoms with E-state index in [-0.39, 0.29) is 5.41 Å². The molecule has 0 aromatic rings. The fourth-order valence-electron chi connectivity index (χ4n) is 5.39. The molecule has 0 aliphatic heterocycles. The van der Waals surface area contributed by atoms with Crippen LogP contribution in [0.1, 0.15) is 65.2 Å². The van der Waals surface area contributed by atoms with Crippen molar-refractivity contribution in [3.63, 3.8) is 0 Å². The van der Waals surface area contributed by atoms with Crippen molar-refractivity contribution < 1.29 is 4.79 Å². The molecule has 4 aliphatic rings. The first kappa shape index (κ1) is 13.5. The molecule has 0 aromatic carbocycles. The Morgan fingerprint density at radius 2 is 1.53 bits per heavy atom. The number of nitrogens with one attached hydrogen (secondary N) is 1. The van der Waals surface area contributed by atoms with E-state index in [2.05, 4.69) is 19.2 Å². The molecule has 4 rings (SSSR count). The summed E-state index contributed by atoms with van der Waals surface area (Å²) in [7, 11) is 0. The number of amides is 1. The molecule has 0 unspecified atom stereocenters. The normalized spacial score (nSPS) is 39.8. The van der Waals surface area contributed by atoms with Crippen molar-refractivity contribution in [1.29, 1.82) is 0 Å². The van der Waals surface area contributed by atoms with Crippen molar-refractivity contribution in [3.8, 4) is 0 Å². The van der Waals surface area contributed by atoms with Crippen LogP contribution in [0, 0.1) is 29.1 Å². The molecule has 0 aromatic heterocycles. The second-order valence-electron chi connectivity index (χ2n) is 7.59. The first-order valence-electron chi connectivity index (χ1n) is 8.43. The molecular formula is C17H29NO. The summed E-state index contributed by atoms with van der Waals surface area (Å²) in [6, 6.07) is 0. The van der Waals surface area contributed by atoms with E-state index in [0.29, 0.717) is 11.8 Å². The smallest absolute Gasteiger partial charge is 0.226 e. The van der Waals surface area contributed by atoms with Crippen LogP contribution in [0.2, 0.25) is 0 Å². The third kappa shape index (κ3) is 2.43. The molecule has 108 valence electrons. The highest BCUT2D eigenvalue weighted by Gasteiger charge is 2.54. The van der Waals surface area contributed by atoms with Crippen molar-refractivity contribution in [2.24, 2.45) is 29.1 Å². The summed E-state index contributed by atoms with van der Waals surface area (Å²) in [4.78, 5) is 12.7. The lowest BCUT2D eigenvalue weighted by Crippen LogP contribution is -2.54. The lowest BCUT2D eigenvalue weighted by molar-refractivity contribution is -0.146. The molecule has 19 heavy (non-hydrogen) atoms. The molecule has 4 saturated carbocycles. The third-order valence-electron chi connectivity index (χ3n) is 6.23. The predicted molar refractivity (Wildman–Crippen MR) is 77.7 cm³/mol. The lowest BCUT2D eigenvalue weighted by Gasteiger charge is -2.55. The van der Waals surface area contributed by atoms with Crippen LogP contribution >= 0.6 is 0 Å². The Balaban J connectivity index is 1.63. The first-order valence-corrected chi connectivity index (χ1v) is 8.43. The van der Waals surface area contributed by atoms with Crippen molar-refractivity contribution in [2.75, 3.05) is 6.54 Å². The number of hydrogen-bond donors (Lipinski definition) is 1. The van der Waals surface area contributed by atoms with E-state index in [1.54, 1.807) is 0 Å². The van der Waals surface area contributed by atoms with Crippen molar-refractivity contribution in [3.05, 3.63) is 0 Å². The molecule has 4 aliphatic carbocycles. The lowest BCUT2D eigenvalue weighted by atomic mass is 9.49. The Hall–Kier alpha value is -0.530. The van der Waals surface area contributed by atoms with Gasteiger partial charge in [0.2, 0.25) is 5.91 Å². The maximum absolute atomic E-state index is 12.7. The summed E-state index contributed by atoms with van der Waals surface area (Å²) < 4.78 is 0. The van der Waals surface area contributed by atoms with Gasteiger partial charge in [0.05, 0.1) is 0 Å². The summed E-state index contributed by atoms with van der Waals surface area (Å²) in [6.07, 6.45) is 10.2. The average Bonchev–Trinajstić information content (AvgIpc) is 2.38. The minimum absolute atomic E-state index is 0.0424. The van der Waals surface area contributed by atoms with Gasteiger partial charge in [-0.25, -0.2) is 0 Å². The van der Waals surface area contributed by atoms with Crippen LogP contribution in [0.4, 0.5) is 0 Å². The Labute approximate surface area is 117 Å². The Kier molecular flexibility index (Phi) is 3.61. The molecular weight excluding hydrogens is 234 g/mol. The third-order valence-corrected chi connectivity index (χ3v) is 6.23. The summed E-state index contributed by atoms with van der Waals surface area (Å²) in [5, 5.41) is 3.30. The van der Waals surface area contributed by atoms with E-state index in [1.165, 1.54) is 51.4 Å². The van der Waals surface area contributed by atoms with Gasteiger partial charge in [-0.1, -0.05) is 26.7 Å². The summed E-state index contributed by atoms with van der Waals surface area (Å²) in [5.41, 5.74) is 0.0424. The highest BCUT2D eigenvalue weighted by atomic mass is 16.2. The highest BCUT2D eigenvalue weighted by Crippen LogP contribution is 2.60. The summed E-state index contributed by atoms with van der Waals surface area (Å²) >= 11 is 0. The summed E-state index contributed by atoms with van der Waals surface area (Å²) in [5.74, 6) is 3.66. The second kappa shape index (κ2) is 5.10. The van der Waals surface area contributed by atoms with E-state index in [1.807, 2.05) is 0 Å². The van der Waals surface area contributed by atoms with Crippen molar-refractivity contribution in [2.45, 2.75) is 65.2 Å². The van der Waals surface area contributed by atoms with Crippen molar-refractivity contribution >= 4 is 5.91 Å². The minimum Gasteiger partial charge on any atom is -0.355 e. The van der Waals surface area contributed by atoms with Gasteiger partial charge in [0.1, 0.15) is 0 Å². The van der Waals surface area contributed by atoms with Gasteiger partial charge in [-0.05, 0) is 62.2 Å². The maximum Gasteiger partial charge on any atom is 0.226 e. The van der Waals surface area contributed by atoms with Crippen LogP contribution in [-0.4, -0.2) is 12.5 Å². The SMILES string of the molecule is CCC(CC)CNC(=O)C12CC3CC(CC(C3)C1)C2. The molecule has 4 bridgehead atoms. The zero-order chi connectivity index (χ0) is 13.5.